The molecule has 0 fully saturated rings. The van der Waals surface area contributed by atoms with Gasteiger partial charge in [0.15, 0.2) is 0 Å². The van der Waals surface area contributed by atoms with Crippen molar-refractivity contribution in [2.24, 2.45) is 0 Å². The van der Waals surface area contributed by atoms with Crippen LogP contribution in [0.4, 0.5) is 10.1 Å². The molecule has 0 amide bonds. The number of allylic oxidation sites excluding steroid dienone is 1. The molecule has 0 spiro atoms. The summed E-state index contributed by atoms with van der Waals surface area (Å²) in [5.74, 6) is -0.221. The molecule has 1 atom stereocenters. The average molecular weight is 377 g/mol. The fourth-order valence-electron chi connectivity index (χ4n) is 4.11. The number of fused-ring (bicyclic) bond motifs is 1. The second-order valence-corrected chi connectivity index (χ2v) is 7.13. The Morgan fingerprint density at radius 1 is 1.18 bits per heavy atom. The molecule has 0 saturated heterocycles. The number of benzene rings is 2. The van der Waals surface area contributed by atoms with E-state index in [-0.39, 0.29) is 11.9 Å². The van der Waals surface area contributed by atoms with Crippen LogP contribution < -0.4 is 4.90 Å². The van der Waals surface area contributed by atoms with Gasteiger partial charge in [-0.25, -0.2) is 4.39 Å². The van der Waals surface area contributed by atoms with Crippen molar-refractivity contribution in [1.29, 1.82) is 0 Å². The topological polar surface area (TPSA) is 6.48 Å². The summed E-state index contributed by atoms with van der Waals surface area (Å²) in [4.78, 5) is 4.35. The summed E-state index contributed by atoms with van der Waals surface area (Å²) in [6.45, 7) is 13.2. The lowest BCUT2D eigenvalue weighted by atomic mass is 9.91. The van der Waals surface area contributed by atoms with Crippen LogP contribution in [0.3, 0.4) is 0 Å². The third-order valence-corrected chi connectivity index (χ3v) is 5.27. The molecule has 0 aliphatic carbocycles. The van der Waals surface area contributed by atoms with Gasteiger partial charge in [0.1, 0.15) is 5.82 Å². The molecular weight excluding hydrogens is 347 g/mol. The van der Waals surface area contributed by atoms with E-state index in [0.29, 0.717) is 0 Å². The Balaban J connectivity index is 2.17. The Kier molecular flexibility index (Phi) is 6.35. The molecule has 2 nitrogen and oxygen atoms in total. The Morgan fingerprint density at radius 3 is 2.54 bits per heavy atom. The van der Waals surface area contributed by atoms with Gasteiger partial charge in [-0.05, 0) is 66.6 Å². The average Bonchev–Trinajstić information content (AvgIpc) is 3.12. The highest BCUT2D eigenvalue weighted by atomic mass is 19.1. The van der Waals surface area contributed by atoms with E-state index in [0.717, 1.165) is 31.4 Å². The number of aryl methyl sites for hydroxylation is 1. The maximum Gasteiger partial charge on any atom is 0.123 e. The fourth-order valence-corrected chi connectivity index (χ4v) is 4.11. The Labute approximate surface area is 168 Å². The van der Waals surface area contributed by atoms with E-state index >= 15 is 0 Å². The molecule has 28 heavy (non-hydrogen) atoms. The molecular formula is C25H29FN2. The van der Waals surface area contributed by atoms with Crippen molar-refractivity contribution in [1.82, 2.24) is 4.90 Å². The molecule has 0 radical (unpaired) electrons. The molecule has 1 aliphatic rings. The summed E-state index contributed by atoms with van der Waals surface area (Å²) in [5, 5.41) is 0. The zero-order valence-corrected chi connectivity index (χ0v) is 16.9. The summed E-state index contributed by atoms with van der Waals surface area (Å²) in [7, 11) is 0. The number of hydrogen-bond donors (Lipinski definition) is 0. The maximum atomic E-state index is 13.5. The van der Waals surface area contributed by atoms with Crippen molar-refractivity contribution >= 4 is 5.69 Å². The van der Waals surface area contributed by atoms with Gasteiger partial charge >= 0.3 is 0 Å². The molecule has 2 aromatic carbocycles. The Hall–Kier alpha value is -2.81. The minimum absolute atomic E-state index is 0.0482. The van der Waals surface area contributed by atoms with Gasteiger partial charge in [-0.1, -0.05) is 56.8 Å². The van der Waals surface area contributed by atoms with Crippen LogP contribution in [0.1, 0.15) is 48.6 Å². The minimum atomic E-state index is -0.221. The van der Waals surface area contributed by atoms with Crippen LogP contribution in [0.25, 0.3) is 0 Å². The highest BCUT2D eigenvalue weighted by molar-refractivity contribution is 5.67. The smallest absolute Gasteiger partial charge is 0.123 e. The molecule has 1 aliphatic heterocycles. The van der Waals surface area contributed by atoms with Crippen molar-refractivity contribution in [3.63, 3.8) is 0 Å². The Morgan fingerprint density at radius 2 is 1.93 bits per heavy atom. The predicted molar refractivity (Wildman–Crippen MR) is 117 cm³/mol. The van der Waals surface area contributed by atoms with E-state index < -0.39 is 0 Å². The Bertz CT molecular complexity index is 867. The molecule has 1 heterocycles. The van der Waals surface area contributed by atoms with Gasteiger partial charge in [0.2, 0.25) is 0 Å². The van der Waals surface area contributed by atoms with Crippen LogP contribution in [0.2, 0.25) is 0 Å². The van der Waals surface area contributed by atoms with Gasteiger partial charge in [0, 0.05) is 18.4 Å². The van der Waals surface area contributed by atoms with Gasteiger partial charge in [0.25, 0.3) is 0 Å². The molecule has 2 aromatic rings. The first-order valence-corrected chi connectivity index (χ1v) is 9.96. The van der Waals surface area contributed by atoms with Gasteiger partial charge in [0.05, 0.1) is 6.04 Å². The van der Waals surface area contributed by atoms with Crippen LogP contribution in [0, 0.1) is 5.82 Å². The summed E-state index contributed by atoms with van der Waals surface area (Å²) >= 11 is 0. The van der Waals surface area contributed by atoms with Crippen LogP contribution >= 0.6 is 0 Å². The summed E-state index contributed by atoms with van der Waals surface area (Å²) in [5.41, 5.74) is 6.27. The zero-order valence-electron chi connectivity index (χ0n) is 16.9. The van der Waals surface area contributed by atoms with E-state index in [1.54, 1.807) is 0 Å². The first-order valence-electron chi connectivity index (χ1n) is 9.96. The SMILES string of the molecule is C=CN1CCc2cc(C(c3ccc(F)cc3)N(C=C)/C=C\C)cc(CCC)c21. The lowest BCUT2D eigenvalue weighted by Crippen LogP contribution is -2.20. The first-order chi connectivity index (χ1) is 13.6. The molecule has 146 valence electrons. The highest BCUT2D eigenvalue weighted by Crippen LogP contribution is 2.38. The number of anilines is 1. The van der Waals surface area contributed by atoms with Gasteiger partial charge < -0.3 is 9.80 Å². The number of hydrogen-bond acceptors (Lipinski definition) is 2. The van der Waals surface area contributed by atoms with Gasteiger partial charge in [-0.2, -0.15) is 0 Å². The van der Waals surface area contributed by atoms with Crippen LogP contribution in [-0.4, -0.2) is 11.4 Å². The molecule has 0 N–H and O–H groups in total. The summed E-state index contributed by atoms with van der Waals surface area (Å²) < 4.78 is 13.5. The van der Waals surface area contributed by atoms with E-state index in [2.05, 4.69) is 42.0 Å². The number of halogens is 1. The lowest BCUT2D eigenvalue weighted by Gasteiger charge is -2.30. The van der Waals surface area contributed by atoms with Crippen molar-refractivity contribution in [3.05, 3.63) is 102 Å². The quantitative estimate of drug-likeness (QED) is 0.529. The van der Waals surface area contributed by atoms with Gasteiger partial charge in [-0.15, -0.1) is 0 Å². The second kappa shape index (κ2) is 8.92. The minimum Gasteiger partial charge on any atom is -0.348 e. The monoisotopic (exact) mass is 376 g/mol. The van der Waals surface area contributed by atoms with E-state index in [1.807, 2.05) is 43.7 Å². The lowest BCUT2D eigenvalue weighted by molar-refractivity contribution is 0.427. The van der Waals surface area contributed by atoms with E-state index in [9.17, 15) is 4.39 Å². The molecule has 3 rings (SSSR count). The van der Waals surface area contributed by atoms with Crippen molar-refractivity contribution < 1.29 is 4.39 Å². The highest BCUT2D eigenvalue weighted by Gasteiger charge is 2.25. The van der Waals surface area contributed by atoms with Crippen molar-refractivity contribution in [3.8, 4) is 0 Å². The standard InChI is InChI=1S/C25H29FN2/c1-5-9-20-17-22(18-21-14-16-28(8-4)25(20)21)24(27(7-3)15-6-2)19-10-12-23(26)13-11-19/h6-8,10-13,15,17-18,24H,3-5,9,14,16H2,1-2H3/b15-6-. The molecule has 3 heteroatoms. The van der Waals surface area contributed by atoms with Crippen molar-refractivity contribution in [2.45, 2.75) is 39.2 Å². The largest absolute Gasteiger partial charge is 0.348 e. The molecule has 1 unspecified atom stereocenters. The zero-order chi connectivity index (χ0) is 20.1. The summed E-state index contributed by atoms with van der Waals surface area (Å²) in [6, 6.07) is 11.3. The predicted octanol–water partition coefficient (Wildman–Crippen LogP) is 6.35. The molecule has 0 bridgehead atoms. The third kappa shape index (κ3) is 3.89. The number of nitrogens with zero attached hydrogens (tertiary/aromatic N) is 2. The fraction of sp³-hybridized carbons (Fsp3) is 0.280. The summed E-state index contributed by atoms with van der Waals surface area (Å²) in [6.07, 6.45) is 10.9. The maximum absolute atomic E-state index is 13.5. The first kappa shape index (κ1) is 19.9. The molecule has 0 aromatic heterocycles. The molecule has 0 saturated carbocycles. The van der Waals surface area contributed by atoms with E-state index in [4.69, 9.17) is 0 Å². The van der Waals surface area contributed by atoms with E-state index in [1.165, 1.54) is 34.5 Å². The third-order valence-electron chi connectivity index (χ3n) is 5.27. The normalized spacial score (nSPS) is 14.2. The van der Waals surface area contributed by atoms with Crippen LogP contribution in [0.5, 0.6) is 0 Å². The van der Waals surface area contributed by atoms with Crippen LogP contribution in [-0.2, 0) is 12.8 Å². The van der Waals surface area contributed by atoms with Crippen LogP contribution in [0.15, 0.2) is 74.2 Å². The second-order valence-electron chi connectivity index (χ2n) is 7.13. The number of rotatable bonds is 8. The van der Waals surface area contributed by atoms with Crippen molar-refractivity contribution in [2.75, 3.05) is 11.4 Å². The van der Waals surface area contributed by atoms with Gasteiger partial charge in [-0.3, -0.25) is 0 Å².